The van der Waals surface area contributed by atoms with Crippen molar-refractivity contribution >= 4 is 23.2 Å². The summed E-state index contributed by atoms with van der Waals surface area (Å²) < 4.78 is 11.3. The number of nitrogens with zero attached hydrogens (tertiary/aromatic N) is 1. The van der Waals surface area contributed by atoms with E-state index in [1.807, 2.05) is 19.1 Å². The number of hydrogen-bond donors (Lipinski definition) is 1. The van der Waals surface area contributed by atoms with Crippen molar-refractivity contribution in [1.29, 1.82) is 5.26 Å². The molecule has 0 saturated carbocycles. The molecular weight excluding hydrogens is 364 g/mol. The second-order valence-corrected chi connectivity index (χ2v) is 6.31. The van der Waals surface area contributed by atoms with Gasteiger partial charge >= 0.3 is 0 Å². The average Bonchev–Trinajstić information content (AvgIpc) is 2.65. The standard InChI is InChI=1S/C21H23ClN2O3/c1-3-5-12-27-20-18(22)13-16(14-19(20)26-4-2)21(25)24-17-8-6-15(7-9-17)10-11-23/h6-9,13-14H,3-5,10,12H2,1-2H3,(H,24,25). The van der Waals surface area contributed by atoms with Gasteiger partial charge in [0.1, 0.15) is 0 Å². The van der Waals surface area contributed by atoms with Crippen molar-refractivity contribution in [2.45, 2.75) is 33.1 Å². The Hall–Kier alpha value is -2.71. The highest BCUT2D eigenvalue weighted by Crippen LogP contribution is 2.37. The third-order valence-electron chi connectivity index (χ3n) is 3.81. The summed E-state index contributed by atoms with van der Waals surface area (Å²) in [6.07, 6.45) is 2.25. The Morgan fingerprint density at radius 2 is 1.93 bits per heavy atom. The molecule has 6 heteroatoms. The number of carbonyl (C=O) groups is 1. The molecule has 142 valence electrons. The summed E-state index contributed by atoms with van der Waals surface area (Å²) in [6, 6.07) is 12.4. The summed E-state index contributed by atoms with van der Waals surface area (Å²) in [5.74, 6) is 0.617. The third-order valence-corrected chi connectivity index (χ3v) is 4.09. The first-order chi connectivity index (χ1) is 13.1. The highest BCUT2D eigenvalue weighted by molar-refractivity contribution is 6.32. The number of ether oxygens (including phenoxy) is 2. The first-order valence-electron chi connectivity index (χ1n) is 8.95. The lowest BCUT2D eigenvalue weighted by molar-refractivity contribution is 0.102. The molecule has 0 heterocycles. The SMILES string of the molecule is CCCCOc1c(Cl)cc(C(=O)Nc2ccc(CC#N)cc2)cc1OCC. The number of rotatable bonds is 9. The zero-order chi connectivity index (χ0) is 19.6. The van der Waals surface area contributed by atoms with Crippen LogP contribution in [0.25, 0.3) is 0 Å². The number of amides is 1. The lowest BCUT2D eigenvalue weighted by Gasteiger charge is -2.15. The Morgan fingerprint density at radius 3 is 2.56 bits per heavy atom. The van der Waals surface area contributed by atoms with E-state index in [0.717, 1.165) is 18.4 Å². The Kier molecular flexibility index (Phi) is 7.97. The molecule has 2 aromatic rings. The van der Waals surface area contributed by atoms with Crippen LogP contribution in [-0.2, 0) is 6.42 Å². The summed E-state index contributed by atoms with van der Waals surface area (Å²) >= 11 is 6.34. The summed E-state index contributed by atoms with van der Waals surface area (Å²) in [7, 11) is 0. The molecule has 0 aliphatic carbocycles. The van der Waals surface area contributed by atoms with Gasteiger partial charge in [0.2, 0.25) is 0 Å². The first-order valence-corrected chi connectivity index (χ1v) is 9.33. The number of benzene rings is 2. The fourth-order valence-corrected chi connectivity index (χ4v) is 2.69. The van der Waals surface area contributed by atoms with E-state index in [4.69, 9.17) is 26.3 Å². The van der Waals surface area contributed by atoms with Crippen LogP contribution >= 0.6 is 11.6 Å². The van der Waals surface area contributed by atoms with Gasteiger partial charge in [-0.05, 0) is 43.2 Å². The average molecular weight is 387 g/mol. The second kappa shape index (κ2) is 10.4. The monoisotopic (exact) mass is 386 g/mol. The number of anilines is 1. The van der Waals surface area contributed by atoms with Crippen molar-refractivity contribution in [2.75, 3.05) is 18.5 Å². The molecule has 0 bridgehead atoms. The van der Waals surface area contributed by atoms with Gasteiger partial charge in [0.15, 0.2) is 11.5 Å². The van der Waals surface area contributed by atoms with Crippen molar-refractivity contribution in [2.24, 2.45) is 0 Å². The lowest BCUT2D eigenvalue weighted by atomic mass is 10.1. The summed E-state index contributed by atoms with van der Waals surface area (Å²) in [5.41, 5.74) is 1.91. The number of halogens is 1. The van der Waals surface area contributed by atoms with Gasteiger partial charge in [-0.25, -0.2) is 0 Å². The third kappa shape index (κ3) is 5.90. The van der Waals surface area contributed by atoms with Crippen LogP contribution in [0.2, 0.25) is 5.02 Å². The van der Waals surface area contributed by atoms with Crippen molar-refractivity contribution < 1.29 is 14.3 Å². The fraction of sp³-hybridized carbons (Fsp3) is 0.333. The molecule has 0 atom stereocenters. The quantitative estimate of drug-likeness (QED) is 0.598. The van der Waals surface area contributed by atoms with Crippen LogP contribution in [0, 0.1) is 11.3 Å². The predicted octanol–water partition coefficient (Wildman–Crippen LogP) is 5.24. The summed E-state index contributed by atoms with van der Waals surface area (Å²) in [5, 5.41) is 11.9. The smallest absolute Gasteiger partial charge is 0.255 e. The van der Waals surface area contributed by atoms with Gasteiger partial charge < -0.3 is 14.8 Å². The molecule has 1 amide bonds. The van der Waals surface area contributed by atoms with E-state index in [2.05, 4.69) is 18.3 Å². The van der Waals surface area contributed by atoms with Gasteiger partial charge in [0.25, 0.3) is 5.91 Å². The van der Waals surface area contributed by atoms with Gasteiger partial charge in [0, 0.05) is 11.3 Å². The number of nitriles is 1. The summed E-state index contributed by atoms with van der Waals surface area (Å²) in [4.78, 5) is 12.6. The van der Waals surface area contributed by atoms with Crippen LogP contribution in [0.15, 0.2) is 36.4 Å². The second-order valence-electron chi connectivity index (χ2n) is 5.91. The van der Waals surface area contributed by atoms with Crippen LogP contribution in [0.3, 0.4) is 0 Å². The molecule has 2 rings (SSSR count). The largest absolute Gasteiger partial charge is 0.490 e. The molecular formula is C21H23ClN2O3. The van der Waals surface area contributed by atoms with Crippen LogP contribution in [0.1, 0.15) is 42.6 Å². The Bertz CT molecular complexity index is 813. The van der Waals surface area contributed by atoms with Crippen molar-refractivity contribution in [3.8, 4) is 17.6 Å². The molecule has 5 nitrogen and oxygen atoms in total. The van der Waals surface area contributed by atoms with Gasteiger partial charge in [-0.2, -0.15) is 5.26 Å². The van der Waals surface area contributed by atoms with Crippen molar-refractivity contribution in [3.05, 3.63) is 52.5 Å². The highest BCUT2D eigenvalue weighted by Gasteiger charge is 2.16. The molecule has 0 saturated heterocycles. The van der Waals surface area contributed by atoms with Crippen LogP contribution in [0.5, 0.6) is 11.5 Å². The molecule has 0 spiro atoms. The van der Waals surface area contributed by atoms with E-state index in [9.17, 15) is 4.79 Å². The van der Waals surface area contributed by atoms with E-state index in [-0.39, 0.29) is 5.91 Å². The number of nitrogens with one attached hydrogen (secondary N) is 1. The minimum Gasteiger partial charge on any atom is -0.490 e. The number of unbranched alkanes of at least 4 members (excludes halogenated alkanes) is 1. The van der Waals surface area contributed by atoms with E-state index < -0.39 is 0 Å². The van der Waals surface area contributed by atoms with E-state index in [1.54, 1.807) is 24.3 Å². The maximum Gasteiger partial charge on any atom is 0.255 e. The number of carbonyl (C=O) groups excluding carboxylic acids is 1. The minimum absolute atomic E-state index is 0.300. The molecule has 0 aliphatic heterocycles. The van der Waals surface area contributed by atoms with Crippen molar-refractivity contribution in [3.63, 3.8) is 0 Å². The lowest BCUT2D eigenvalue weighted by Crippen LogP contribution is -2.13. The molecule has 1 N–H and O–H groups in total. The molecule has 0 aliphatic rings. The minimum atomic E-state index is -0.300. The van der Waals surface area contributed by atoms with E-state index in [0.29, 0.717) is 47.4 Å². The molecule has 2 aromatic carbocycles. The normalized spacial score (nSPS) is 10.1. The zero-order valence-electron chi connectivity index (χ0n) is 15.5. The Balaban J connectivity index is 2.18. The Labute approximate surface area is 164 Å². The van der Waals surface area contributed by atoms with Crippen LogP contribution in [-0.4, -0.2) is 19.1 Å². The fourth-order valence-electron chi connectivity index (χ4n) is 2.42. The van der Waals surface area contributed by atoms with Gasteiger partial charge in [-0.15, -0.1) is 0 Å². The van der Waals surface area contributed by atoms with Crippen LogP contribution < -0.4 is 14.8 Å². The molecule has 0 radical (unpaired) electrons. The van der Waals surface area contributed by atoms with Gasteiger partial charge in [0.05, 0.1) is 30.7 Å². The maximum atomic E-state index is 12.6. The van der Waals surface area contributed by atoms with E-state index in [1.165, 1.54) is 0 Å². The molecule has 0 unspecified atom stereocenters. The maximum absolute atomic E-state index is 12.6. The van der Waals surface area contributed by atoms with Gasteiger partial charge in [-0.3, -0.25) is 4.79 Å². The zero-order valence-corrected chi connectivity index (χ0v) is 16.3. The van der Waals surface area contributed by atoms with E-state index >= 15 is 0 Å². The van der Waals surface area contributed by atoms with Crippen LogP contribution in [0.4, 0.5) is 5.69 Å². The van der Waals surface area contributed by atoms with Gasteiger partial charge in [-0.1, -0.05) is 37.1 Å². The first kappa shape index (κ1) is 20.6. The molecule has 0 fully saturated rings. The number of hydrogen-bond acceptors (Lipinski definition) is 4. The predicted molar refractivity (Wildman–Crippen MR) is 107 cm³/mol. The molecule has 27 heavy (non-hydrogen) atoms. The Morgan fingerprint density at radius 1 is 1.19 bits per heavy atom. The highest BCUT2D eigenvalue weighted by atomic mass is 35.5. The topological polar surface area (TPSA) is 71.3 Å². The summed E-state index contributed by atoms with van der Waals surface area (Å²) in [6.45, 7) is 4.91. The van der Waals surface area contributed by atoms with Crippen molar-refractivity contribution in [1.82, 2.24) is 0 Å². The molecule has 0 aromatic heterocycles.